The van der Waals surface area contributed by atoms with Crippen molar-refractivity contribution in [3.05, 3.63) is 0 Å². The van der Waals surface area contributed by atoms with Gasteiger partial charge in [-0.15, -0.1) is 0 Å². The quantitative estimate of drug-likeness (QED) is 0.508. The highest BCUT2D eigenvalue weighted by atomic mass is 31.1. The first-order valence-corrected chi connectivity index (χ1v) is 8.25. The summed E-state index contributed by atoms with van der Waals surface area (Å²) in [4.78, 5) is 0. The predicted molar refractivity (Wildman–Crippen MR) is 73.4 cm³/mol. The van der Waals surface area contributed by atoms with Crippen molar-refractivity contribution in [2.45, 2.75) is 64.2 Å². The molecule has 0 unspecified atom stereocenters. The Morgan fingerprint density at radius 2 is 1.06 bits per heavy atom. The van der Waals surface area contributed by atoms with E-state index in [4.69, 9.17) is 9.05 Å². The Bertz CT molecular complexity index is 167. The summed E-state index contributed by atoms with van der Waals surface area (Å²) in [5.74, 6) is 1.63. The zero-order chi connectivity index (χ0) is 11.8. The minimum Gasteiger partial charge on any atom is -0.336 e. The van der Waals surface area contributed by atoms with E-state index in [1.165, 1.54) is 64.2 Å². The van der Waals surface area contributed by atoms with Gasteiger partial charge in [-0.25, -0.2) is 0 Å². The molecule has 0 bridgehead atoms. The standard InChI is InChI=1S/C14H27O2P/c1-3-7-13(8-4-1)11-15-17-16-12-14-9-5-2-6-10-14/h13-14,17H,1-12H2. The minimum atomic E-state index is 0.281. The van der Waals surface area contributed by atoms with E-state index in [0.29, 0.717) is 0 Å². The molecule has 0 aliphatic heterocycles. The molecule has 0 radical (unpaired) electrons. The Morgan fingerprint density at radius 3 is 1.47 bits per heavy atom. The second-order valence-corrected chi connectivity index (χ2v) is 6.46. The Balaban J connectivity index is 1.42. The van der Waals surface area contributed by atoms with Crippen molar-refractivity contribution in [3.63, 3.8) is 0 Å². The Kier molecular flexibility index (Phi) is 6.85. The van der Waals surface area contributed by atoms with Crippen LogP contribution in [0.25, 0.3) is 0 Å². The molecule has 2 fully saturated rings. The average molecular weight is 258 g/mol. The second kappa shape index (κ2) is 8.45. The van der Waals surface area contributed by atoms with E-state index in [0.717, 1.165) is 25.0 Å². The SMILES string of the molecule is C1CCC(COPOCC2CCCCC2)CC1. The molecule has 0 N–H and O–H groups in total. The molecule has 0 spiro atoms. The summed E-state index contributed by atoms with van der Waals surface area (Å²) in [6.07, 6.45) is 13.9. The van der Waals surface area contributed by atoms with Crippen LogP contribution in [-0.2, 0) is 9.05 Å². The fourth-order valence-electron chi connectivity index (χ4n) is 3.05. The maximum atomic E-state index is 5.67. The van der Waals surface area contributed by atoms with E-state index >= 15 is 0 Å². The van der Waals surface area contributed by atoms with E-state index < -0.39 is 0 Å². The Morgan fingerprint density at radius 1 is 0.647 bits per heavy atom. The van der Waals surface area contributed by atoms with Crippen LogP contribution in [0.2, 0.25) is 0 Å². The summed E-state index contributed by atoms with van der Waals surface area (Å²) < 4.78 is 11.3. The fraction of sp³-hybridized carbons (Fsp3) is 1.00. The molecule has 0 atom stereocenters. The average Bonchev–Trinajstić information content (AvgIpc) is 2.41. The van der Waals surface area contributed by atoms with Gasteiger partial charge in [-0.1, -0.05) is 38.5 Å². The van der Waals surface area contributed by atoms with Gasteiger partial charge in [-0.2, -0.15) is 0 Å². The molecule has 0 amide bonds. The molecule has 0 aromatic carbocycles. The number of hydrogen-bond donors (Lipinski definition) is 0. The molecule has 2 nitrogen and oxygen atoms in total. The fourth-order valence-corrected chi connectivity index (χ4v) is 3.74. The zero-order valence-corrected chi connectivity index (χ0v) is 12.0. The van der Waals surface area contributed by atoms with Gasteiger partial charge in [-0.3, -0.25) is 0 Å². The van der Waals surface area contributed by atoms with Crippen LogP contribution < -0.4 is 0 Å². The van der Waals surface area contributed by atoms with Crippen LogP contribution in [0, 0.1) is 11.8 Å². The summed E-state index contributed by atoms with van der Waals surface area (Å²) in [7, 11) is 0.281. The second-order valence-electron chi connectivity index (χ2n) is 5.71. The lowest BCUT2D eigenvalue weighted by atomic mass is 9.90. The maximum absolute atomic E-state index is 5.67. The van der Waals surface area contributed by atoms with E-state index in [2.05, 4.69) is 0 Å². The molecule has 0 aromatic heterocycles. The lowest BCUT2D eigenvalue weighted by Gasteiger charge is -2.22. The highest BCUT2D eigenvalue weighted by Gasteiger charge is 2.15. The van der Waals surface area contributed by atoms with Crippen LogP contribution >= 0.6 is 9.03 Å². The molecule has 0 heterocycles. The summed E-state index contributed by atoms with van der Waals surface area (Å²) in [6, 6.07) is 0. The van der Waals surface area contributed by atoms with Crippen LogP contribution in [0.15, 0.2) is 0 Å². The lowest BCUT2D eigenvalue weighted by Crippen LogP contribution is -2.12. The Hall–Kier alpha value is 0.350. The predicted octanol–water partition coefficient (Wildman–Crippen LogP) is 4.69. The summed E-state index contributed by atoms with van der Waals surface area (Å²) >= 11 is 0. The van der Waals surface area contributed by atoms with Crippen molar-refractivity contribution in [3.8, 4) is 0 Å². The van der Waals surface area contributed by atoms with E-state index in [1.807, 2.05) is 0 Å². The van der Waals surface area contributed by atoms with Crippen LogP contribution in [0.4, 0.5) is 0 Å². The first-order valence-electron chi connectivity index (χ1n) is 7.44. The minimum absolute atomic E-state index is 0.281. The highest BCUT2D eigenvalue weighted by molar-refractivity contribution is 7.26. The molecule has 2 aliphatic rings. The third-order valence-corrected chi connectivity index (χ3v) is 4.77. The monoisotopic (exact) mass is 258 g/mol. The van der Waals surface area contributed by atoms with Gasteiger partial charge in [0.2, 0.25) is 0 Å². The summed E-state index contributed by atoms with van der Waals surface area (Å²) in [5, 5.41) is 0. The van der Waals surface area contributed by atoms with Gasteiger partial charge in [0.15, 0.2) is 9.03 Å². The van der Waals surface area contributed by atoms with Gasteiger partial charge in [0, 0.05) is 0 Å². The van der Waals surface area contributed by atoms with Gasteiger partial charge in [0.05, 0.1) is 13.2 Å². The van der Waals surface area contributed by atoms with Gasteiger partial charge in [0.1, 0.15) is 0 Å². The maximum Gasteiger partial charge on any atom is 0.155 e. The first-order chi connectivity index (χ1) is 8.45. The molecular weight excluding hydrogens is 231 g/mol. The van der Waals surface area contributed by atoms with Crippen molar-refractivity contribution >= 4 is 9.03 Å². The number of rotatable bonds is 6. The van der Waals surface area contributed by atoms with Crippen molar-refractivity contribution in [1.82, 2.24) is 0 Å². The normalized spacial score (nSPS) is 24.0. The molecule has 0 aromatic rings. The van der Waals surface area contributed by atoms with Gasteiger partial charge >= 0.3 is 0 Å². The zero-order valence-electron chi connectivity index (χ0n) is 11.0. The highest BCUT2D eigenvalue weighted by Crippen LogP contribution is 2.29. The topological polar surface area (TPSA) is 18.5 Å². The molecule has 2 saturated carbocycles. The van der Waals surface area contributed by atoms with Gasteiger partial charge < -0.3 is 9.05 Å². The molecule has 100 valence electrons. The summed E-state index contributed by atoms with van der Waals surface area (Å²) in [6.45, 7) is 1.87. The van der Waals surface area contributed by atoms with Crippen molar-refractivity contribution in [2.24, 2.45) is 11.8 Å². The van der Waals surface area contributed by atoms with Crippen molar-refractivity contribution < 1.29 is 9.05 Å². The molecule has 2 rings (SSSR count). The molecule has 3 heteroatoms. The van der Waals surface area contributed by atoms with Crippen LogP contribution in [0.1, 0.15) is 64.2 Å². The lowest BCUT2D eigenvalue weighted by molar-refractivity contribution is 0.174. The number of hydrogen-bond acceptors (Lipinski definition) is 2. The largest absolute Gasteiger partial charge is 0.336 e. The molecule has 17 heavy (non-hydrogen) atoms. The van der Waals surface area contributed by atoms with Gasteiger partial charge in [0.25, 0.3) is 0 Å². The van der Waals surface area contributed by atoms with E-state index in [1.54, 1.807) is 0 Å². The van der Waals surface area contributed by atoms with Crippen LogP contribution in [0.5, 0.6) is 0 Å². The third kappa shape index (κ3) is 5.68. The Labute approximate surface area is 108 Å². The van der Waals surface area contributed by atoms with Gasteiger partial charge in [-0.05, 0) is 37.5 Å². The molecule has 0 saturated heterocycles. The molecular formula is C14H27O2P. The van der Waals surface area contributed by atoms with E-state index in [9.17, 15) is 0 Å². The van der Waals surface area contributed by atoms with Crippen LogP contribution in [0.3, 0.4) is 0 Å². The van der Waals surface area contributed by atoms with Crippen molar-refractivity contribution in [2.75, 3.05) is 13.2 Å². The first kappa shape index (κ1) is 13.8. The third-order valence-electron chi connectivity index (χ3n) is 4.21. The van der Waals surface area contributed by atoms with E-state index in [-0.39, 0.29) is 9.03 Å². The van der Waals surface area contributed by atoms with Crippen LogP contribution in [-0.4, -0.2) is 13.2 Å². The smallest absolute Gasteiger partial charge is 0.155 e. The summed E-state index contributed by atoms with van der Waals surface area (Å²) in [5.41, 5.74) is 0. The van der Waals surface area contributed by atoms with Crippen molar-refractivity contribution in [1.29, 1.82) is 0 Å². The molecule has 2 aliphatic carbocycles.